The Hall–Kier alpha value is -5.20. The zero-order chi connectivity index (χ0) is 27.8. The third kappa shape index (κ3) is 4.61. The van der Waals surface area contributed by atoms with Crippen molar-refractivity contribution in [1.82, 2.24) is 34.8 Å². The van der Waals surface area contributed by atoms with Gasteiger partial charge in [-0.15, -0.1) is 5.10 Å². The van der Waals surface area contributed by atoms with Gasteiger partial charge in [-0.1, -0.05) is 11.8 Å². The third-order valence-corrected chi connectivity index (χ3v) is 6.67. The zero-order valence-electron chi connectivity index (χ0n) is 21.4. The molecular weight excluding hydrogens is 520 g/mol. The maximum atomic E-state index is 15.2. The van der Waals surface area contributed by atoms with E-state index in [0.29, 0.717) is 54.3 Å². The SMILES string of the molecule is C=CC(=O)N1CCN(c2ccc3ncnc(Nc4ccc(Oc5ccc6c(c5)nnn6C)c(F)c4F)c3n2)CC1. The molecule has 0 unspecified atom stereocenters. The summed E-state index contributed by atoms with van der Waals surface area (Å²) in [5.74, 6) is -1.53. The van der Waals surface area contributed by atoms with Crippen LogP contribution in [0.3, 0.4) is 0 Å². The second kappa shape index (κ2) is 10.2. The van der Waals surface area contributed by atoms with Crippen molar-refractivity contribution in [2.24, 2.45) is 7.05 Å². The highest BCUT2D eigenvalue weighted by Crippen LogP contribution is 2.33. The van der Waals surface area contributed by atoms with E-state index >= 15 is 8.78 Å². The fraction of sp³-hybridized carbons (Fsp3) is 0.185. The van der Waals surface area contributed by atoms with Crippen LogP contribution in [-0.4, -0.2) is 66.9 Å². The number of amides is 1. The second-order valence-electron chi connectivity index (χ2n) is 9.11. The van der Waals surface area contributed by atoms with Gasteiger partial charge in [-0.2, -0.15) is 4.39 Å². The van der Waals surface area contributed by atoms with Gasteiger partial charge in [0.25, 0.3) is 0 Å². The highest BCUT2D eigenvalue weighted by molar-refractivity contribution is 5.89. The summed E-state index contributed by atoms with van der Waals surface area (Å²) in [5, 5.41) is 10.8. The Morgan fingerprint density at radius 3 is 2.65 bits per heavy atom. The van der Waals surface area contributed by atoms with E-state index in [1.54, 1.807) is 40.9 Å². The first-order valence-corrected chi connectivity index (χ1v) is 12.4. The molecule has 5 aromatic rings. The van der Waals surface area contributed by atoms with Gasteiger partial charge in [0.2, 0.25) is 11.7 Å². The monoisotopic (exact) mass is 543 g/mol. The van der Waals surface area contributed by atoms with Gasteiger partial charge in [0.15, 0.2) is 17.4 Å². The molecule has 1 fully saturated rings. The molecule has 0 atom stereocenters. The number of anilines is 3. The smallest absolute Gasteiger partial charge is 0.246 e. The van der Waals surface area contributed by atoms with Crippen molar-refractivity contribution in [2.45, 2.75) is 0 Å². The van der Waals surface area contributed by atoms with Crippen molar-refractivity contribution in [3.05, 3.63) is 73.1 Å². The molecular formula is C27H23F2N9O2. The van der Waals surface area contributed by atoms with Crippen LogP contribution in [0.25, 0.3) is 22.1 Å². The van der Waals surface area contributed by atoms with E-state index in [9.17, 15) is 4.79 Å². The lowest BCUT2D eigenvalue weighted by Gasteiger charge is -2.35. The first-order chi connectivity index (χ1) is 19.4. The van der Waals surface area contributed by atoms with Crippen LogP contribution in [0, 0.1) is 11.6 Å². The fourth-order valence-electron chi connectivity index (χ4n) is 4.53. The summed E-state index contributed by atoms with van der Waals surface area (Å²) in [6, 6.07) is 11.3. The van der Waals surface area contributed by atoms with E-state index in [2.05, 4.69) is 32.2 Å². The van der Waals surface area contributed by atoms with Crippen molar-refractivity contribution < 1.29 is 18.3 Å². The van der Waals surface area contributed by atoms with Gasteiger partial charge in [0.1, 0.15) is 28.9 Å². The average molecular weight is 544 g/mol. The van der Waals surface area contributed by atoms with Gasteiger partial charge >= 0.3 is 0 Å². The van der Waals surface area contributed by atoms with Gasteiger partial charge in [-0.05, 0) is 42.5 Å². The summed E-state index contributed by atoms with van der Waals surface area (Å²) in [5.41, 5.74) is 2.12. The maximum Gasteiger partial charge on any atom is 0.246 e. The Labute approximate surface area is 226 Å². The number of pyridine rings is 1. The van der Waals surface area contributed by atoms with Gasteiger partial charge in [-0.3, -0.25) is 4.79 Å². The topological polar surface area (TPSA) is 114 Å². The molecule has 4 heterocycles. The van der Waals surface area contributed by atoms with Crippen molar-refractivity contribution >= 4 is 45.3 Å². The lowest BCUT2D eigenvalue weighted by Crippen LogP contribution is -2.48. The number of carbonyl (C=O) groups excluding carboxylic acids is 1. The van der Waals surface area contributed by atoms with E-state index in [0.717, 1.165) is 5.52 Å². The highest BCUT2D eigenvalue weighted by atomic mass is 19.2. The minimum absolute atomic E-state index is 0.108. The molecule has 202 valence electrons. The Morgan fingerprint density at radius 1 is 1.02 bits per heavy atom. The minimum atomic E-state index is -1.16. The Kier molecular flexibility index (Phi) is 6.38. The first kappa shape index (κ1) is 25.1. The number of benzene rings is 2. The predicted molar refractivity (Wildman–Crippen MR) is 145 cm³/mol. The molecule has 40 heavy (non-hydrogen) atoms. The molecule has 11 nitrogen and oxygen atoms in total. The van der Waals surface area contributed by atoms with E-state index in [1.807, 2.05) is 11.0 Å². The molecule has 0 spiro atoms. The highest BCUT2D eigenvalue weighted by Gasteiger charge is 2.22. The van der Waals surface area contributed by atoms with Crippen LogP contribution in [-0.2, 0) is 11.8 Å². The minimum Gasteiger partial charge on any atom is -0.454 e. The molecule has 1 aliphatic heterocycles. The Morgan fingerprint density at radius 2 is 1.85 bits per heavy atom. The van der Waals surface area contributed by atoms with Crippen LogP contribution in [0.1, 0.15) is 0 Å². The molecule has 0 saturated carbocycles. The van der Waals surface area contributed by atoms with Gasteiger partial charge in [-0.25, -0.2) is 24.0 Å². The fourth-order valence-corrected chi connectivity index (χ4v) is 4.53. The van der Waals surface area contributed by atoms with Crippen molar-refractivity contribution in [2.75, 3.05) is 36.4 Å². The third-order valence-electron chi connectivity index (χ3n) is 6.67. The molecule has 0 bridgehead atoms. The molecule has 0 radical (unpaired) electrons. The quantitative estimate of drug-likeness (QED) is 0.318. The summed E-state index contributed by atoms with van der Waals surface area (Å²) in [7, 11) is 1.75. The number of nitrogens with zero attached hydrogens (tertiary/aromatic N) is 8. The number of fused-ring (bicyclic) bond motifs is 2. The van der Waals surface area contributed by atoms with Crippen LogP contribution in [0.15, 0.2) is 61.4 Å². The second-order valence-corrected chi connectivity index (χ2v) is 9.11. The molecule has 0 aliphatic carbocycles. The Bertz CT molecular complexity index is 1770. The maximum absolute atomic E-state index is 15.2. The van der Waals surface area contributed by atoms with E-state index in [4.69, 9.17) is 9.72 Å². The number of aromatic nitrogens is 6. The van der Waals surface area contributed by atoms with Crippen LogP contribution in [0.2, 0.25) is 0 Å². The number of ether oxygens (including phenoxy) is 1. The van der Waals surface area contributed by atoms with Crippen LogP contribution < -0.4 is 15.0 Å². The molecule has 2 aromatic carbocycles. The van der Waals surface area contributed by atoms with Crippen LogP contribution in [0.4, 0.5) is 26.1 Å². The molecule has 1 saturated heterocycles. The molecule has 1 N–H and O–H groups in total. The number of nitrogens with one attached hydrogen (secondary N) is 1. The average Bonchev–Trinajstić information content (AvgIpc) is 3.36. The zero-order valence-corrected chi connectivity index (χ0v) is 21.4. The van der Waals surface area contributed by atoms with Gasteiger partial charge in [0.05, 0.1) is 16.7 Å². The predicted octanol–water partition coefficient (Wildman–Crippen LogP) is 3.96. The number of aryl methyl sites for hydroxylation is 1. The summed E-state index contributed by atoms with van der Waals surface area (Å²) in [6.07, 6.45) is 2.62. The summed E-state index contributed by atoms with van der Waals surface area (Å²) in [4.78, 5) is 28.8. The molecule has 1 amide bonds. The van der Waals surface area contributed by atoms with E-state index in [1.165, 1.54) is 24.5 Å². The normalized spacial score (nSPS) is 13.6. The lowest BCUT2D eigenvalue weighted by atomic mass is 10.2. The number of hydrogen-bond acceptors (Lipinski definition) is 9. The van der Waals surface area contributed by atoms with Crippen molar-refractivity contribution in [3.63, 3.8) is 0 Å². The first-order valence-electron chi connectivity index (χ1n) is 12.4. The Balaban J connectivity index is 1.24. The van der Waals surface area contributed by atoms with Crippen molar-refractivity contribution in [3.8, 4) is 11.5 Å². The molecule has 13 heteroatoms. The number of piperazine rings is 1. The lowest BCUT2D eigenvalue weighted by molar-refractivity contribution is -0.126. The summed E-state index contributed by atoms with van der Waals surface area (Å²) in [6.45, 7) is 5.77. The van der Waals surface area contributed by atoms with Gasteiger partial charge in [0, 0.05) is 39.3 Å². The standard InChI is InChI=1S/C27H23F2N9O2/c1-3-23(39)38-12-10-37(11-13-38)22-9-6-18-26(33-22)27(31-15-30-18)32-17-5-8-21(25(29)24(17)28)40-16-4-7-20-19(14-16)34-35-36(20)2/h3-9,14-15H,1,10-13H2,2H3,(H,30,31,32). The van der Waals surface area contributed by atoms with E-state index < -0.39 is 11.6 Å². The van der Waals surface area contributed by atoms with E-state index in [-0.39, 0.29) is 23.2 Å². The van der Waals surface area contributed by atoms with Crippen molar-refractivity contribution in [1.29, 1.82) is 0 Å². The van der Waals surface area contributed by atoms with Crippen LogP contribution in [0.5, 0.6) is 11.5 Å². The summed E-state index contributed by atoms with van der Waals surface area (Å²) >= 11 is 0. The molecule has 1 aliphatic rings. The molecule has 6 rings (SSSR count). The number of halogens is 2. The van der Waals surface area contributed by atoms with Gasteiger partial charge < -0.3 is 19.9 Å². The van der Waals surface area contributed by atoms with Crippen LogP contribution >= 0.6 is 0 Å². The number of carbonyl (C=O) groups is 1. The largest absolute Gasteiger partial charge is 0.454 e. The summed E-state index contributed by atoms with van der Waals surface area (Å²) < 4.78 is 37.4. The number of hydrogen-bond donors (Lipinski definition) is 1. The molecule has 3 aromatic heterocycles. The number of rotatable bonds is 6.